The van der Waals surface area contributed by atoms with E-state index >= 15 is 0 Å². The fourth-order valence-electron chi connectivity index (χ4n) is 1.06. The second kappa shape index (κ2) is 6.23. The van der Waals surface area contributed by atoms with E-state index in [9.17, 15) is 4.79 Å². The van der Waals surface area contributed by atoms with Crippen molar-refractivity contribution in [3.05, 3.63) is 33.3 Å². The number of rotatable bonds is 4. The Morgan fingerprint density at radius 1 is 1.62 bits per heavy atom. The van der Waals surface area contributed by atoms with Crippen LogP contribution in [0.3, 0.4) is 0 Å². The standard InChI is InChI=1S/C11H13BrClNO2/c1-7(16-2)6-14-11(15)8-3-4-9(12)10(13)5-8/h3-5,7H,6H2,1-2H3,(H,14,15). The minimum atomic E-state index is -0.154. The van der Waals surface area contributed by atoms with E-state index in [0.29, 0.717) is 17.1 Å². The molecule has 0 saturated carbocycles. The number of hydrogen-bond donors (Lipinski definition) is 1. The van der Waals surface area contributed by atoms with Crippen LogP contribution in [-0.2, 0) is 4.74 Å². The van der Waals surface area contributed by atoms with Crippen LogP contribution >= 0.6 is 27.5 Å². The molecule has 16 heavy (non-hydrogen) atoms. The summed E-state index contributed by atoms with van der Waals surface area (Å²) in [5.41, 5.74) is 0.538. The molecule has 0 aliphatic rings. The number of carbonyl (C=O) groups excluding carboxylic acids is 1. The van der Waals surface area contributed by atoms with Crippen molar-refractivity contribution in [1.29, 1.82) is 0 Å². The number of benzene rings is 1. The highest BCUT2D eigenvalue weighted by molar-refractivity contribution is 9.10. The van der Waals surface area contributed by atoms with Crippen molar-refractivity contribution in [2.75, 3.05) is 13.7 Å². The largest absolute Gasteiger partial charge is 0.380 e. The SMILES string of the molecule is COC(C)CNC(=O)c1ccc(Br)c(Cl)c1. The Hall–Kier alpha value is -0.580. The van der Waals surface area contributed by atoms with E-state index in [-0.39, 0.29) is 12.0 Å². The molecule has 1 N–H and O–H groups in total. The van der Waals surface area contributed by atoms with E-state index in [1.807, 2.05) is 6.92 Å². The van der Waals surface area contributed by atoms with E-state index in [4.69, 9.17) is 16.3 Å². The van der Waals surface area contributed by atoms with Crippen LogP contribution in [0.25, 0.3) is 0 Å². The molecule has 1 amide bonds. The lowest BCUT2D eigenvalue weighted by Gasteiger charge is -2.11. The van der Waals surface area contributed by atoms with Gasteiger partial charge < -0.3 is 10.1 Å². The quantitative estimate of drug-likeness (QED) is 0.929. The Morgan fingerprint density at radius 2 is 2.31 bits per heavy atom. The zero-order valence-corrected chi connectivity index (χ0v) is 11.4. The number of methoxy groups -OCH3 is 1. The van der Waals surface area contributed by atoms with Crippen LogP contribution in [0.2, 0.25) is 5.02 Å². The van der Waals surface area contributed by atoms with Crippen molar-refractivity contribution in [3.63, 3.8) is 0 Å². The molecule has 1 unspecified atom stereocenters. The zero-order valence-electron chi connectivity index (χ0n) is 9.09. The maximum Gasteiger partial charge on any atom is 0.251 e. The Bertz CT molecular complexity index is 384. The predicted molar refractivity (Wildman–Crippen MR) is 68.0 cm³/mol. The molecule has 0 bridgehead atoms. The van der Waals surface area contributed by atoms with Crippen LogP contribution in [0.5, 0.6) is 0 Å². The molecule has 0 spiro atoms. The van der Waals surface area contributed by atoms with Crippen LogP contribution in [0.1, 0.15) is 17.3 Å². The van der Waals surface area contributed by atoms with Gasteiger partial charge in [0.1, 0.15) is 0 Å². The maximum absolute atomic E-state index is 11.7. The van der Waals surface area contributed by atoms with Crippen molar-refractivity contribution in [3.8, 4) is 0 Å². The Balaban J connectivity index is 2.63. The molecule has 1 atom stereocenters. The third-order valence-electron chi connectivity index (χ3n) is 2.13. The highest BCUT2D eigenvalue weighted by Gasteiger charge is 2.08. The predicted octanol–water partition coefficient (Wildman–Crippen LogP) is 2.87. The first-order valence-corrected chi connectivity index (χ1v) is 5.97. The number of nitrogens with one attached hydrogen (secondary N) is 1. The lowest BCUT2D eigenvalue weighted by atomic mass is 10.2. The van der Waals surface area contributed by atoms with Gasteiger partial charge in [0.2, 0.25) is 0 Å². The van der Waals surface area contributed by atoms with Crippen LogP contribution in [0, 0.1) is 0 Å². The smallest absolute Gasteiger partial charge is 0.251 e. The molecule has 88 valence electrons. The summed E-state index contributed by atoms with van der Waals surface area (Å²) in [6, 6.07) is 5.08. The second-order valence-electron chi connectivity index (χ2n) is 3.39. The minimum absolute atomic E-state index is 0.00475. The van der Waals surface area contributed by atoms with Crippen LogP contribution in [0.15, 0.2) is 22.7 Å². The summed E-state index contributed by atoms with van der Waals surface area (Å²) < 4.78 is 5.81. The van der Waals surface area contributed by atoms with Gasteiger partial charge in [-0.1, -0.05) is 11.6 Å². The average Bonchev–Trinajstić information content (AvgIpc) is 2.29. The van der Waals surface area contributed by atoms with Gasteiger partial charge in [0.25, 0.3) is 5.91 Å². The lowest BCUT2D eigenvalue weighted by molar-refractivity contribution is 0.0870. The van der Waals surface area contributed by atoms with E-state index in [1.54, 1.807) is 25.3 Å². The molecule has 0 heterocycles. The Morgan fingerprint density at radius 3 is 2.88 bits per heavy atom. The molecule has 3 nitrogen and oxygen atoms in total. The first-order valence-electron chi connectivity index (χ1n) is 4.80. The summed E-state index contributed by atoms with van der Waals surface area (Å²) in [7, 11) is 1.60. The molecule has 5 heteroatoms. The number of hydrogen-bond acceptors (Lipinski definition) is 2. The Kier molecular flexibility index (Phi) is 5.25. The fraction of sp³-hybridized carbons (Fsp3) is 0.364. The van der Waals surface area contributed by atoms with E-state index in [0.717, 1.165) is 4.47 Å². The summed E-state index contributed by atoms with van der Waals surface area (Å²) in [4.78, 5) is 11.7. The first-order chi connectivity index (χ1) is 7.54. The molecular formula is C11H13BrClNO2. The van der Waals surface area contributed by atoms with Gasteiger partial charge in [0.15, 0.2) is 0 Å². The van der Waals surface area contributed by atoms with Crippen molar-refractivity contribution in [2.24, 2.45) is 0 Å². The van der Waals surface area contributed by atoms with Crippen molar-refractivity contribution < 1.29 is 9.53 Å². The molecule has 0 aliphatic carbocycles. The molecule has 0 aliphatic heterocycles. The molecule has 0 saturated heterocycles. The van der Waals surface area contributed by atoms with E-state index < -0.39 is 0 Å². The summed E-state index contributed by atoms with van der Waals surface area (Å²) in [6.45, 7) is 2.36. The number of halogens is 2. The first kappa shape index (κ1) is 13.5. The number of amides is 1. The minimum Gasteiger partial charge on any atom is -0.380 e. The normalized spacial score (nSPS) is 12.2. The lowest BCUT2D eigenvalue weighted by Crippen LogP contribution is -2.31. The molecule has 0 aromatic heterocycles. The van der Waals surface area contributed by atoms with Gasteiger partial charge >= 0.3 is 0 Å². The van der Waals surface area contributed by atoms with Crippen LogP contribution in [-0.4, -0.2) is 25.7 Å². The maximum atomic E-state index is 11.7. The van der Waals surface area contributed by atoms with Crippen LogP contribution < -0.4 is 5.32 Å². The molecule has 0 fully saturated rings. The molecular weight excluding hydrogens is 293 g/mol. The van der Waals surface area contributed by atoms with Gasteiger partial charge in [0.05, 0.1) is 11.1 Å². The van der Waals surface area contributed by atoms with Crippen molar-refractivity contribution in [1.82, 2.24) is 5.32 Å². The molecule has 0 radical (unpaired) electrons. The van der Waals surface area contributed by atoms with E-state index in [2.05, 4.69) is 21.2 Å². The summed E-state index contributed by atoms with van der Waals surface area (Å²) >= 11 is 9.16. The second-order valence-corrected chi connectivity index (χ2v) is 4.65. The molecule has 1 aromatic carbocycles. The van der Waals surface area contributed by atoms with Crippen molar-refractivity contribution >= 4 is 33.4 Å². The van der Waals surface area contributed by atoms with Gasteiger partial charge in [-0.05, 0) is 41.1 Å². The van der Waals surface area contributed by atoms with Gasteiger partial charge in [-0.2, -0.15) is 0 Å². The summed E-state index contributed by atoms with van der Waals surface area (Å²) in [5, 5.41) is 3.28. The molecule has 1 aromatic rings. The number of ether oxygens (including phenoxy) is 1. The summed E-state index contributed by atoms with van der Waals surface area (Å²) in [5.74, 6) is -0.154. The Labute approximate surface area is 108 Å². The highest BCUT2D eigenvalue weighted by Crippen LogP contribution is 2.23. The summed E-state index contributed by atoms with van der Waals surface area (Å²) in [6.07, 6.45) is -0.00475. The van der Waals surface area contributed by atoms with Crippen molar-refractivity contribution in [2.45, 2.75) is 13.0 Å². The van der Waals surface area contributed by atoms with Gasteiger partial charge in [0, 0.05) is 23.7 Å². The number of carbonyl (C=O) groups is 1. The van der Waals surface area contributed by atoms with Gasteiger partial charge in [-0.25, -0.2) is 0 Å². The van der Waals surface area contributed by atoms with Gasteiger partial charge in [-0.15, -0.1) is 0 Å². The fourth-order valence-corrected chi connectivity index (χ4v) is 1.49. The molecule has 1 rings (SSSR count). The topological polar surface area (TPSA) is 38.3 Å². The monoisotopic (exact) mass is 305 g/mol. The van der Waals surface area contributed by atoms with E-state index in [1.165, 1.54) is 0 Å². The van der Waals surface area contributed by atoms with Gasteiger partial charge in [-0.3, -0.25) is 4.79 Å². The average molecular weight is 307 g/mol. The third-order valence-corrected chi connectivity index (χ3v) is 3.37. The highest BCUT2D eigenvalue weighted by atomic mass is 79.9. The zero-order chi connectivity index (χ0) is 12.1. The third kappa shape index (κ3) is 3.77. The van der Waals surface area contributed by atoms with Crippen LogP contribution in [0.4, 0.5) is 0 Å².